The smallest absolute Gasteiger partial charge is 0.335 e. The molecule has 0 heterocycles. The lowest BCUT2D eigenvalue weighted by Gasteiger charge is -2.07. The second kappa shape index (κ2) is 7.81. The number of rotatable bonds is 4. The lowest BCUT2D eigenvalue weighted by Crippen LogP contribution is -2.39. The van der Waals surface area contributed by atoms with E-state index in [2.05, 4.69) is 0 Å². The average molecular weight is 289 g/mol. The van der Waals surface area contributed by atoms with Crippen LogP contribution >= 0.6 is 0 Å². The number of aliphatic hydroxyl groups is 2. The molecule has 2 atom stereocenters. The van der Waals surface area contributed by atoms with Crippen molar-refractivity contribution in [2.24, 2.45) is 5.73 Å². The van der Waals surface area contributed by atoms with Gasteiger partial charge in [-0.15, -0.1) is 0 Å². The highest BCUT2D eigenvalue weighted by Gasteiger charge is 2.29. The van der Waals surface area contributed by atoms with E-state index in [-0.39, 0.29) is 5.56 Å². The quantitative estimate of drug-likeness (QED) is 0.465. The Balaban J connectivity index is 0.000000361. The zero-order valence-corrected chi connectivity index (χ0v) is 9.93. The fraction of sp³-hybridized carbons (Fsp3) is 0.182. The number of hydrogen-bond acceptors (Lipinski definition) is 5. The third-order valence-electron chi connectivity index (χ3n) is 1.94. The van der Waals surface area contributed by atoms with E-state index >= 15 is 0 Å². The van der Waals surface area contributed by atoms with Crippen LogP contribution in [0.4, 0.5) is 4.39 Å². The van der Waals surface area contributed by atoms with Crippen LogP contribution in [0.15, 0.2) is 24.3 Å². The van der Waals surface area contributed by atoms with Gasteiger partial charge in [0.2, 0.25) is 0 Å². The van der Waals surface area contributed by atoms with Crippen LogP contribution in [0, 0.1) is 5.82 Å². The second-order valence-electron chi connectivity index (χ2n) is 3.41. The first-order valence-corrected chi connectivity index (χ1v) is 5.04. The van der Waals surface area contributed by atoms with Crippen molar-refractivity contribution in [1.29, 1.82) is 0 Å². The fourth-order valence-corrected chi connectivity index (χ4v) is 0.931. The van der Waals surface area contributed by atoms with Gasteiger partial charge in [0, 0.05) is 0 Å². The van der Waals surface area contributed by atoms with Crippen LogP contribution in [0.5, 0.6) is 0 Å². The lowest BCUT2D eigenvalue weighted by atomic mass is 10.2. The number of benzene rings is 1. The van der Waals surface area contributed by atoms with E-state index in [4.69, 9.17) is 26.2 Å². The number of halogens is 1. The summed E-state index contributed by atoms with van der Waals surface area (Å²) >= 11 is 0. The molecular weight excluding hydrogens is 277 g/mol. The van der Waals surface area contributed by atoms with Crippen molar-refractivity contribution in [2.45, 2.75) is 12.2 Å². The highest BCUT2D eigenvalue weighted by atomic mass is 19.1. The standard InChI is InChI=1S/C7H6FNO.C4H6O6/c8-6-4-2-1-3-5(6)7(9)10;5-1(3(7)8)2(6)4(9)10/h1-4H,(H2,9,10);1-2,5-6H,(H,7,8)(H,9,10)/t;1-,2-/m.1/s1. The van der Waals surface area contributed by atoms with E-state index in [0.717, 1.165) is 0 Å². The van der Waals surface area contributed by atoms with Gasteiger partial charge in [0.25, 0.3) is 5.91 Å². The van der Waals surface area contributed by atoms with Crippen molar-refractivity contribution >= 4 is 17.8 Å². The number of amides is 1. The maximum atomic E-state index is 12.5. The first kappa shape index (κ1) is 17.5. The molecule has 0 spiro atoms. The Hall–Kier alpha value is -2.52. The number of aliphatic hydroxyl groups excluding tert-OH is 2. The van der Waals surface area contributed by atoms with Crippen LogP contribution in [-0.2, 0) is 9.59 Å². The summed E-state index contributed by atoms with van der Waals surface area (Å²) < 4.78 is 12.5. The minimum absolute atomic E-state index is 0.0671. The van der Waals surface area contributed by atoms with E-state index in [1.807, 2.05) is 0 Å². The maximum Gasteiger partial charge on any atom is 0.335 e. The van der Waals surface area contributed by atoms with Gasteiger partial charge >= 0.3 is 11.9 Å². The highest BCUT2D eigenvalue weighted by molar-refractivity contribution is 5.92. The van der Waals surface area contributed by atoms with Crippen molar-refractivity contribution in [2.75, 3.05) is 0 Å². The second-order valence-corrected chi connectivity index (χ2v) is 3.41. The van der Waals surface area contributed by atoms with E-state index in [1.165, 1.54) is 18.2 Å². The maximum absolute atomic E-state index is 12.5. The van der Waals surface area contributed by atoms with Crippen molar-refractivity contribution in [3.05, 3.63) is 35.6 Å². The molecule has 8 nitrogen and oxygen atoms in total. The van der Waals surface area contributed by atoms with Crippen LogP contribution in [0.2, 0.25) is 0 Å². The summed E-state index contributed by atoms with van der Waals surface area (Å²) in [6.45, 7) is 0. The van der Waals surface area contributed by atoms with Gasteiger partial charge in [-0.1, -0.05) is 12.1 Å². The van der Waals surface area contributed by atoms with E-state index in [9.17, 15) is 18.8 Å². The van der Waals surface area contributed by atoms with Crippen molar-refractivity contribution in [1.82, 2.24) is 0 Å². The van der Waals surface area contributed by atoms with Crippen molar-refractivity contribution in [3.8, 4) is 0 Å². The molecule has 1 amide bonds. The molecule has 0 unspecified atom stereocenters. The molecule has 6 N–H and O–H groups in total. The van der Waals surface area contributed by atoms with Crippen molar-refractivity contribution in [3.63, 3.8) is 0 Å². The molecule has 0 aliphatic heterocycles. The van der Waals surface area contributed by atoms with E-state index in [1.54, 1.807) is 6.07 Å². The third kappa shape index (κ3) is 5.42. The Morgan fingerprint density at radius 3 is 1.65 bits per heavy atom. The predicted octanol–water partition coefficient (Wildman–Crippen LogP) is -1.20. The summed E-state index contributed by atoms with van der Waals surface area (Å²) in [5.41, 5.74) is 4.77. The van der Waals surface area contributed by atoms with Gasteiger partial charge < -0.3 is 26.2 Å². The Bertz CT molecular complexity index is 487. The minimum Gasteiger partial charge on any atom is -0.479 e. The van der Waals surface area contributed by atoms with Gasteiger partial charge in [0.05, 0.1) is 5.56 Å². The number of carboxylic acid groups (broad SMARTS) is 2. The lowest BCUT2D eigenvalue weighted by molar-refractivity contribution is -0.165. The number of aliphatic carboxylic acids is 2. The Labute approximate surface area is 111 Å². The predicted molar refractivity (Wildman–Crippen MR) is 62.2 cm³/mol. The number of hydrogen-bond donors (Lipinski definition) is 5. The van der Waals surface area contributed by atoms with Gasteiger partial charge in [0.15, 0.2) is 12.2 Å². The highest BCUT2D eigenvalue weighted by Crippen LogP contribution is 2.03. The zero-order chi connectivity index (χ0) is 15.9. The van der Waals surface area contributed by atoms with Crippen LogP contribution in [0.25, 0.3) is 0 Å². The summed E-state index contributed by atoms with van der Waals surface area (Å²) in [7, 11) is 0. The molecule has 1 aromatic carbocycles. The normalized spacial score (nSPS) is 12.6. The molecule has 110 valence electrons. The van der Waals surface area contributed by atoms with Gasteiger partial charge in [-0.2, -0.15) is 0 Å². The average Bonchev–Trinajstić information content (AvgIpc) is 2.37. The molecule has 0 fully saturated rings. The van der Waals surface area contributed by atoms with E-state index < -0.39 is 35.9 Å². The van der Waals surface area contributed by atoms with Crippen LogP contribution in [0.1, 0.15) is 10.4 Å². The van der Waals surface area contributed by atoms with Gasteiger partial charge in [-0.3, -0.25) is 4.79 Å². The summed E-state index contributed by atoms with van der Waals surface area (Å²) in [6.07, 6.45) is -4.53. The number of nitrogens with two attached hydrogens (primary N) is 1. The summed E-state index contributed by atoms with van der Waals surface area (Å²) in [5, 5.41) is 32.5. The molecule has 0 bridgehead atoms. The number of carboxylic acids is 2. The van der Waals surface area contributed by atoms with Crippen molar-refractivity contribution < 1.29 is 39.2 Å². The molecule has 0 saturated carbocycles. The Morgan fingerprint density at radius 1 is 1.00 bits per heavy atom. The molecule has 0 radical (unpaired) electrons. The molecule has 9 heteroatoms. The van der Waals surface area contributed by atoms with Gasteiger partial charge in [-0.05, 0) is 12.1 Å². The monoisotopic (exact) mass is 289 g/mol. The third-order valence-corrected chi connectivity index (χ3v) is 1.94. The SMILES string of the molecule is NC(=O)c1ccccc1F.O=C(O)[C@H](O)[C@@H](O)C(=O)O. The molecule has 0 aliphatic carbocycles. The fourth-order valence-electron chi connectivity index (χ4n) is 0.931. The first-order valence-electron chi connectivity index (χ1n) is 5.04. The topological polar surface area (TPSA) is 158 Å². The Morgan fingerprint density at radius 2 is 1.40 bits per heavy atom. The van der Waals surface area contributed by atoms with Crippen LogP contribution in [-0.4, -0.2) is 50.5 Å². The number of carbonyl (C=O) groups excluding carboxylic acids is 1. The minimum atomic E-state index is -2.27. The van der Waals surface area contributed by atoms with Gasteiger partial charge in [-0.25, -0.2) is 14.0 Å². The summed E-state index contributed by atoms with van der Waals surface area (Å²) in [4.78, 5) is 29.9. The summed E-state index contributed by atoms with van der Waals surface area (Å²) in [6, 6.07) is 5.60. The number of carbonyl (C=O) groups is 3. The Kier molecular flexibility index (Phi) is 6.83. The largest absolute Gasteiger partial charge is 0.479 e. The molecule has 1 rings (SSSR count). The zero-order valence-electron chi connectivity index (χ0n) is 9.93. The van der Waals surface area contributed by atoms with Crippen LogP contribution < -0.4 is 5.73 Å². The molecule has 0 aliphatic rings. The first-order chi connectivity index (χ1) is 9.18. The molecule has 0 saturated heterocycles. The molecule has 20 heavy (non-hydrogen) atoms. The molecular formula is C11H12FNO7. The van der Waals surface area contributed by atoms with Crippen LogP contribution in [0.3, 0.4) is 0 Å². The van der Waals surface area contributed by atoms with E-state index in [0.29, 0.717) is 0 Å². The number of primary amides is 1. The summed E-state index contributed by atoms with van der Waals surface area (Å²) in [5.74, 6) is -4.85. The molecule has 0 aromatic heterocycles. The van der Waals surface area contributed by atoms with Gasteiger partial charge in [0.1, 0.15) is 5.82 Å². The molecule has 1 aromatic rings.